The van der Waals surface area contributed by atoms with E-state index in [9.17, 15) is 24.0 Å². The standard InChI is InChI=1S/C36H50N6O7S.Eu.2H2O/c1-5-48-35(46)25(3)21-28(43)23-40-15-13-37-14-16-41(24-32(44)38-26(4)36(47)49-6-2)18-20-42(19-17-40)22-27-11-12-30-33(45)29-9-7-8-10-31(29)50-34(30)39-27;;;/h7-12,25-26,37H,5-6,13-24H2,1-4H3,(H,38,44);;2*1H2/t25-,26+;;;/m1.../s1. The van der Waals surface area contributed by atoms with E-state index in [1.807, 2.05) is 36.4 Å². The number of ketones is 1. The summed E-state index contributed by atoms with van der Waals surface area (Å²) in [6.07, 6.45) is 0.122. The van der Waals surface area contributed by atoms with Gasteiger partial charge < -0.3 is 31.1 Å². The number of fused-ring (bicyclic) bond motifs is 2. The summed E-state index contributed by atoms with van der Waals surface area (Å²) in [6.45, 7) is 13.1. The zero-order valence-corrected chi connectivity index (χ0v) is 34.2. The quantitative estimate of drug-likeness (QED) is 0.176. The zero-order chi connectivity index (χ0) is 36.0. The second kappa shape index (κ2) is 25.0. The van der Waals surface area contributed by atoms with Gasteiger partial charge in [-0.25, -0.2) is 9.78 Å². The number of amides is 1. The van der Waals surface area contributed by atoms with Gasteiger partial charge >= 0.3 is 11.9 Å². The van der Waals surface area contributed by atoms with Gasteiger partial charge in [-0.05, 0) is 45.0 Å². The Labute approximate surface area is 355 Å². The SMILES string of the molecule is CCOC(=O)[C@H](C)CC(=O)CN1CCNCCN(CC(=O)N[C@@H](C)C(=O)OCC)CCN(Cc2ccc3c(=O)c4ccccc4sc3n2)CC1.O.O.[Eu]. The van der Waals surface area contributed by atoms with E-state index in [-0.39, 0.29) is 116 Å². The van der Waals surface area contributed by atoms with E-state index in [1.165, 1.54) is 11.3 Å². The monoisotopic (exact) mass is 899 g/mol. The number of carbonyl (C=O) groups excluding carboxylic acids is 4. The summed E-state index contributed by atoms with van der Waals surface area (Å²) >= 11 is 1.49. The first-order chi connectivity index (χ1) is 24.1. The van der Waals surface area contributed by atoms with Crippen molar-refractivity contribution in [3.05, 3.63) is 52.3 Å². The molecule has 3 aromatic rings. The summed E-state index contributed by atoms with van der Waals surface area (Å²) < 4.78 is 11.0. The third-order valence-electron chi connectivity index (χ3n) is 8.57. The van der Waals surface area contributed by atoms with Gasteiger partial charge in [0.05, 0.1) is 43.3 Å². The van der Waals surface area contributed by atoms with Gasteiger partial charge in [-0.15, -0.1) is 11.3 Å². The van der Waals surface area contributed by atoms with Crippen LogP contribution >= 0.6 is 11.3 Å². The molecule has 0 aliphatic carbocycles. The van der Waals surface area contributed by atoms with Crippen LogP contribution in [-0.4, -0.2) is 139 Å². The van der Waals surface area contributed by atoms with Crippen molar-refractivity contribution >= 4 is 55.3 Å². The Hall–Kier alpha value is -2.32. The molecular weight excluding hydrogens is 844 g/mol. The molecule has 0 spiro atoms. The minimum atomic E-state index is -0.745. The van der Waals surface area contributed by atoms with Crippen molar-refractivity contribution in [2.75, 3.05) is 78.7 Å². The predicted octanol–water partition coefficient (Wildman–Crippen LogP) is 0.396. The van der Waals surface area contributed by atoms with Crippen LogP contribution in [0.15, 0.2) is 41.2 Å². The summed E-state index contributed by atoms with van der Waals surface area (Å²) in [6, 6.07) is 10.5. The summed E-state index contributed by atoms with van der Waals surface area (Å²) in [5.41, 5.74) is 0.785. The molecular formula is C36H54EuN6O9S. The van der Waals surface area contributed by atoms with Gasteiger partial charge in [-0.2, -0.15) is 0 Å². The first kappa shape index (κ1) is 48.7. The van der Waals surface area contributed by atoms with Crippen molar-refractivity contribution in [2.24, 2.45) is 5.92 Å². The summed E-state index contributed by atoms with van der Waals surface area (Å²) in [5, 5.41) is 7.44. The number of nitrogens with zero attached hydrogens (tertiary/aromatic N) is 4. The molecule has 1 aliphatic rings. The van der Waals surface area contributed by atoms with Crippen LogP contribution in [0, 0.1) is 55.3 Å². The fourth-order valence-corrected chi connectivity index (χ4v) is 6.91. The van der Waals surface area contributed by atoms with Gasteiger partial charge in [0, 0.05) is 125 Å². The van der Waals surface area contributed by atoms with Crippen molar-refractivity contribution in [3.63, 3.8) is 0 Å². The summed E-state index contributed by atoms with van der Waals surface area (Å²) in [5.74, 6) is -1.61. The molecule has 1 aliphatic heterocycles. The van der Waals surface area contributed by atoms with Crippen LogP contribution in [0.2, 0.25) is 0 Å². The second-order valence-corrected chi connectivity index (χ2v) is 13.6. The van der Waals surface area contributed by atoms with Crippen molar-refractivity contribution in [1.29, 1.82) is 0 Å². The van der Waals surface area contributed by atoms with Gasteiger partial charge in [0.25, 0.3) is 0 Å². The normalized spacial score (nSPS) is 16.0. The molecule has 1 aromatic carbocycles. The average Bonchev–Trinajstić information content (AvgIpc) is 3.08. The van der Waals surface area contributed by atoms with E-state index >= 15 is 0 Å². The van der Waals surface area contributed by atoms with Crippen LogP contribution in [0.25, 0.3) is 20.3 Å². The van der Waals surface area contributed by atoms with Crippen LogP contribution < -0.4 is 16.1 Å². The molecule has 1 amide bonds. The van der Waals surface area contributed by atoms with Gasteiger partial charge in [0.2, 0.25) is 5.91 Å². The van der Waals surface area contributed by atoms with Gasteiger partial charge in [-0.1, -0.05) is 19.1 Å². The topological polar surface area (TPSA) is 213 Å². The van der Waals surface area contributed by atoms with Gasteiger partial charge in [0.15, 0.2) is 5.43 Å². The molecule has 0 saturated carbocycles. The second-order valence-electron chi connectivity index (χ2n) is 12.6. The number of rotatable bonds is 13. The fraction of sp³-hybridized carbons (Fsp3) is 0.556. The Kier molecular flexibility index (Phi) is 22.9. The number of esters is 2. The number of hydrogen-bond donors (Lipinski definition) is 2. The van der Waals surface area contributed by atoms with Gasteiger partial charge in [0.1, 0.15) is 16.7 Å². The maximum atomic E-state index is 13.2. The van der Waals surface area contributed by atoms with Crippen molar-refractivity contribution in [2.45, 2.75) is 46.7 Å². The minimum absolute atomic E-state index is 0. The van der Waals surface area contributed by atoms with Crippen LogP contribution in [0.5, 0.6) is 0 Å². The van der Waals surface area contributed by atoms with Crippen LogP contribution in [0.3, 0.4) is 0 Å². The number of pyridine rings is 1. The Morgan fingerprint density at radius 1 is 0.830 bits per heavy atom. The van der Waals surface area contributed by atoms with E-state index in [0.717, 1.165) is 10.4 Å². The number of aromatic nitrogens is 1. The van der Waals surface area contributed by atoms with Crippen LogP contribution in [0.4, 0.5) is 0 Å². The Bertz CT molecular complexity index is 1640. The first-order valence-corrected chi connectivity index (χ1v) is 18.2. The zero-order valence-electron chi connectivity index (χ0n) is 31.0. The van der Waals surface area contributed by atoms with E-state index in [0.29, 0.717) is 74.5 Å². The summed E-state index contributed by atoms with van der Waals surface area (Å²) in [7, 11) is 0. The Morgan fingerprint density at radius 2 is 1.43 bits per heavy atom. The number of hydrogen-bond acceptors (Lipinski definition) is 13. The van der Waals surface area contributed by atoms with Crippen LogP contribution in [0.1, 0.15) is 39.8 Å². The molecule has 0 bridgehead atoms. The fourth-order valence-electron chi connectivity index (χ4n) is 5.85. The van der Waals surface area contributed by atoms with E-state index in [2.05, 4.69) is 25.3 Å². The Balaban J connectivity index is 0.00000468. The molecule has 1 fully saturated rings. The molecule has 0 unspecified atom stereocenters. The molecule has 15 nitrogen and oxygen atoms in total. The average molecular weight is 899 g/mol. The maximum Gasteiger partial charge on any atom is 0.328 e. The van der Waals surface area contributed by atoms with Crippen molar-refractivity contribution in [3.8, 4) is 0 Å². The smallest absolute Gasteiger partial charge is 0.328 e. The summed E-state index contributed by atoms with van der Waals surface area (Å²) in [4.78, 5) is 75.3. The number of carbonyl (C=O) groups is 4. The third kappa shape index (κ3) is 15.4. The molecule has 2 aromatic heterocycles. The molecule has 4 rings (SSSR count). The minimum Gasteiger partial charge on any atom is -0.466 e. The van der Waals surface area contributed by atoms with Crippen LogP contribution in [-0.2, 0) is 35.2 Å². The van der Waals surface area contributed by atoms with E-state index < -0.39 is 17.9 Å². The van der Waals surface area contributed by atoms with Crippen molar-refractivity contribution < 1.29 is 89.0 Å². The largest absolute Gasteiger partial charge is 0.466 e. The third-order valence-corrected chi connectivity index (χ3v) is 9.65. The molecule has 1 radical (unpaired) electrons. The molecule has 3 heterocycles. The molecule has 6 N–H and O–H groups in total. The first-order valence-electron chi connectivity index (χ1n) is 17.4. The van der Waals surface area contributed by atoms with E-state index in [1.54, 1.807) is 27.7 Å². The predicted molar refractivity (Wildman–Crippen MR) is 201 cm³/mol. The molecule has 53 heavy (non-hydrogen) atoms. The number of Topliss-reactive ketones (excluding diaryl/α,β-unsaturated/α-hetero) is 1. The Morgan fingerprint density at radius 3 is 2.09 bits per heavy atom. The molecule has 17 heteroatoms. The van der Waals surface area contributed by atoms with Gasteiger partial charge in [-0.3, -0.25) is 33.9 Å². The molecule has 2 atom stereocenters. The van der Waals surface area contributed by atoms with E-state index in [4.69, 9.17) is 14.5 Å². The number of benzene rings is 1. The number of ether oxygens (including phenoxy) is 2. The number of nitrogens with one attached hydrogen (secondary N) is 2. The van der Waals surface area contributed by atoms with Crippen molar-refractivity contribution in [1.82, 2.24) is 30.3 Å². The maximum absolute atomic E-state index is 13.2. The molecule has 295 valence electrons. The molecule has 1 saturated heterocycles.